The smallest absolute Gasteiger partial charge is 0.240 e. The largest absolute Gasteiger partial charge is 0.359 e. The van der Waals surface area contributed by atoms with Crippen molar-refractivity contribution in [2.24, 2.45) is 0 Å². The Morgan fingerprint density at radius 2 is 2.00 bits per heavy atom. The van der Waals surface area contributed by atoms with Crippen molar-refractivity contribution in [3.63, 3.8) is 0 Å². The second-order valence-electron chi connectivity index (χ2n) is 6.51. The lowest BCUT2D eigenvalue weighted by Gasteiger charge is -2.37. The van der Waals surface area contributed by atoms with Crippen molar-refractivity contribution < 1.29 is 18.0 Å². The van der Waals surface area contributed by atoms with Gasteiger partial charge in [0, 0.05) is 44.6 Å². The topological polar surface area (TPSA) is 95.6 Å². The molecule has 0 saturated carbocycles. The van der Waals surface area contributed by atoms with Crippen LogP contribution in [0.15, 0.2) is 23.1 Å². The first-order chi connectivity index (χ1) is 11.1. The van der Waals surface area contributed by atoms with Gasteiger partial charge in [-0.15, -0.1) is 0 Å². The predicted molar refractivity (Wildman–Crippen MR) is 91.4 cm³/mol. The van der Waals surface area contributed by atoms with Gasteiger partial charge < -0.3 is 10.2 Å². The number of amides is 2. The maximum Gasteiger partial charge on any atom is 0.240 e. The van der Waals surface area contributed by atoms with Crippen LogP contribution in [0.5, 0.6) is 0 Å². The number of hydrogen-bond donors (Lipinski definition) is 2. The second-order valence-corrected chi connectivity index (χ2v) is 8.28. The number of anilines is 1. The van der Waals surface area contributed by atoms with Crippen LogP contribution in [0.25, 0.3) is 0 Å². The Morgan fingerprint density at radius 1 is 1.33 bits per heavy atom. The zero-order valence-corrected chi connectivity index (χ0v) is 15.2. The zero-order valence-electron chi connectivity index (χ0n) is 14.3. The zero-order chi connectivity index (χ0) is 18.1. The van der Waals surface area contributed by atoms with Crippen LogP contribution in [-0.4, -0.2) is 40.9 Å². The molecule has 0 aromatic heterocycles. The highest BCUT2D eigenvalue weighted by molar-refractivity contribution is 7.89. The number of fused-ring (bicyclic) bond motifs is 1. The van der Waals surface area contributed by atoms with Crippen LogP contribution in [-0.2, 0) is 25.0 Å². The Balaban J connectivity index is 2.30. The third-order valence-electron chi connectivity index (χ3n) is 4.26. The molecule has 8 heteroatoms. The molecule has 0 aliphatic carbocycles. The van der Waals surface area contributed by atoms with Crippen molar-refractivity contribution in [2.45, 2.75) is 37.0 Å². The molecule has 132 valence electrons. The number of rotatable bonds is 5. The Bertz CT molecular complexity index is 772. The van der Waals surface area contributed by atoms with E-state index in [0.717, 1.165) is 11.3 Å². The Kier molecular flexibility index (Phi) is 5.00. The summed E-state index contributed by atoms with van der Waals surface area (Å²) in [5.74, 6) is -0.226. The van der Waals surface area contributed by atoms with Crippen LogP contribution in [0.1, 0.15) is 32.3 Å². The van der Waals surface area contributed by atoms with E-state index >= 15 is 0 Å². The van der Waals surface area contributed by atoms with E-state index in [-0.39, 0.29) is 29.7 Å². The van der Waals surface area contributed by atoms with Gasteiger partial charge in [-0.3, -0.25) is 9.59 Å². The maximum atomic E-state index is 12.4. The van der Waals surface area contributed by atoms with Gasteiger partial charge >= 0.3 is 0 Å². The van der Waals surface area contributed by atoms with Crippen LogP contribution >= 0.6 is 0 Å². The predicted octanol–water partition coefficient (Wildman–Crippen LogP) is 0.745. The molecule has 0 spiro atoms. The minimum absolute atomic E-state index is 0.00631. The molecule has 0 bridgehead atoms. The molecule has 1 heterocycles. The molecule has 0 unspecified atom stereocenters. The third-order valence-corrected chi connectivity index (χ3v) is 5.72. The molecular weight excluding hydrogens is 330 g/mol. The van der Waals surface area contributed by atoms with E-state index in [0.29, 0.717) is 6.42 Å². The van der Waals surface area contributed by atoms with Gasteiger partial charge in [0.05, 0.1) is 4.90 Å². The van der Waals surface area contributed by atoms with Gasteiger partial charge in [0.2, 0.25) is 21.8 Å². The van der Waals surface area contributed by atoms with Gasteiger partial charge in [-0.05, 0) is 23.8 Å². The van der Waals surface area contributed by atoms with E-state index in [1.165, 1.54) is 13.1 Å². The molecule has 0 fully saturated rings. The Hall–Kier alpha value is -1.93. The average molecular weight is 353 g/mol. The number of sulfonamides is 1. The van der Waals surface area contributed by atoms with Gasteiger partial charge in [0.1, 0.15) is 0 Å². The third kappa shape index (κ3) is 3.59. The van der Waals surface area contributed by atoms with E-state index in [2.05, 4.69) is 10.0 Å². The highest BCUT2D eigenvalue weighted by Gasteiger charge is 2.36. The molecule has 1 aliphatic heterocycles. The molecule has 0 saturated heterocycles. The van der Waals surface area contributed by atoms with E-state index in [9.17, 15) is 18.0 Å². The van der Waals surface area contributed by atoms with Gasteiger partial charge in [-0.2, -0.15) is 0 Å². The van der Waals surface area contributed by atoms with E-state index in [4.69, 9.17) is 0 Å². The average Bonchev–Trinajstić information content (AvgIpc) is 2.51. The molecule has 2 rings (SSSR count). The lowest BCUT2D eigenvalue weighted by atomic mass is 9.77. The second kappa shape index (κ2) is 6.52. The molecule has 1 aliphatic rings. The molecule has 7 nitrogen and oxygen atoms in total. The number of carbonyl (C=O) groups excluding carboxylic acids is 2. The van der Waals surface area contributed by atoms with Crippen molar-refractivity contribution in [1.29, 1.82) is 0 Å². The van der Waals surface area contributed by atoms with Crippen molar-refractivity contribution in [3.05, 3.63) is 23.8 Å². The van der Waals surface area contributed by atoms with Crippen molar-refractivity contribution in [3.8, 4) is 0 Å². The van der Waals surface area contributed by atoms with Crippen LogP contribution in [0.4, 0.5) is 5.69 Å². The highest BCUT2D eigenvalue weighted by atomic mass is 32.2. The summed E-state index contributed by atoms with van der Waals surface area (Å²) < 4.78 is 27.3. The lowest BCUT2D eigenvalue weighted by Crippen LogP contribution is -2.39. The molecule has 1 aromatic carbocycles. The summed E-state index contributed by atoms with van der Waals surface area (Å²) in [7, 11) is -0.525. The Labute approximate surface area is 142 Å². The van der Waals surface area contributed by atoms with Crippen molar-refractivity contribution in [2.75, 3.05) is 25.5 Å². The molecule has 2 amide bonds. The minimum atomic E-state index is -3.71. The first-order valence-electron chi connectivity index (χ1n) is 7.70. The fourth-order valence-corrected chi connectivity index (χ4v) is 3.81. The van der Waals surface area contributed by atoms with E-state index < -0.39 is 15.4 Å². The number of nitrogens with one attached hydrogen (secondary N) is 2. The number of hydrogen-bond acceptors (Lipinski definition) is 4. The first kappa shape index (κ1) is 18.4. The first-order valence-corrected chi connectivity index (χ1v) is 9.18. The molecule has 24 heavy (non-hydrogen) atoms. The van der Waals surface area contributed by atoms with Crippen molar-refractivity contribution in [1.82, 2.24) is 10.0 Å². The summed E-state index contributed by atoms with van der Waals surface area (Å²) in [6.07, 6.45) is 0.396. The number of nitrogens with zero attached hydrogens (tertiary/aromatic N) is 1. The normalized spacial score (nSPS) is 16.7. The van der Waals surface area contributed by atoms with Gasteiger partial charge in [0.25, 0.3) is 0 Å². The summed E-state index contributed by atoms with van der Waals surface area (Å²) in [6.45, 7) is 3.87. The highest BCUT2D eigenvalue weighted by Crippen LogP contribution is 2.40. The summed E-state index contributed by atoms with van der Waals surface area (Å²) in [4.78, 5) is 24.9. The number of carbonyl (C=O) groups is 2. The lowest BCUT2D eigenvalue weighted by molar-refractivity contribution is -0.121. The standard InChI is InChI=1S/C16H23N3O4S/c1-16(2)10-15(21)19(4)13-6-5-11(9-12(13)16)24(22,23)18-8-7-14(20)17-3/h5-6,9,18H,7-8,10H2,1-4H3,(H,17,20). The summed E-state index contributed by atoms with van der Waals surface area (Å²) >= 11 is 0. The van der Waals surface area contributed by atoms with Crippen LogP contribution in [0.3, 0.4) is 0 Å². The quantitative estimate of drug-likeness (QED) is 0.816. The van der Waals surface area contributed by atoms with Gasteiger partial charge in [-0.25, -0.2) is 13.1 Å². The van der Waals surface area contributed by atoms with E-state index in [1.807, 2.05) is 13.8 Å². The van der Waals surface area contributed by atoms with Crippen molar-refractivity contribution >= 4 is 27.5 Å². The molecular formula is C16H23N3O4S. The van der Waals surface area contributed by atoms with Crippen LogP contribution in [0.2, 0.25) is 0 Å². The molecule has 1 aromatic rings. The fourth-order valence-electron chi connectivity index (χ4n) is 2.75. The summed E-state index contributed by atoms with van der Waals surface area (Å²) in [6, 6.07) is 4.74. The summed E-state index contributed by atoms with van der Waals surface area (Å²) in [5, 5.41) is 2.44. The minimum Gasteiger partial charge on any atom is -0.359 e. The van der Waals surface area contributed by atoms with Gasteiger partial charge in [-0.1, -0.05) is 13.8 Å². The maximum absolute atomic E-state index is 12.4. The molecule has 0 atom stereocenters. The molecule has 0 radical (unpaired) electrons. The van der Waals surface area contributed by atoms with Crippen LogP contribution < -0.4 is 14.9 Å². The van der Waals surface area contributed by atoms with Crippen LogP contribution in [0, 0.1) is 0 Å². The van der Waals surface area contributed by atoms with E-state index in [1.54, 1.807) is 24.1 Å². The Morgan fingerprint density at radius 3 is 2.62 bits per heavy atom. The summed E-state index contributed by atoms with van der Waals surface area (Å²) in [5.41, 5.74) is 1.10. The van der Waals surface area contributed by atoms with Gasteiger partial charge in [0.15, 0.2) is 0 Å². The SMILES string of the molecule is CNC(=O)CCNS(=O)(=O)c1ccc2c(c1)C(C)(C)CC(=O)N2C. The number of benzene rings is 1. The monoisotopic (exact) mass is 353 g/mol. The fraction of sp³-hybridized carbons (Fsp3) is 0.500. The molecule has 2 N–H and O–H groups in total.